The molecule has 0 aliphatic carbocycles. The van der Waals surface area contributed by atoms with Crippen LogP contribution in [0.4, 0.5) is 18.0 Å². The maximum Gasteiger partial charge on any atom is 0.434 e. The molecule has 1 aliphatic heterocycles. The average molecular weight is 321 g/mol. The molecule has 118 valence electrons. The maximum absolute atomic E-state index is 12.4. The number of hydrogen-bond donors (Lipinski definition) is 1. The smallest absolute Gasteiger partial charge is 0.338 e. The summed E-state index contributed by atoms with van der Waals surface area (Å²) in [4.78, 5) is 17.2. The van der Waals surface area contributed by atoms with Gasteiger partial charge in [-0.25, -0.2) is 9.78 Å². The van der Waals surface area contributed by atoms with Crippen LogP contribution < -0.4 is 5.32 Å². The molecule has 0 radical (unpaired) electrons. The highest BCUT2D eigenvalue weighted by Crippen LogP contribution is 2.29. The van der Waals surface area contributed by atoms with Crippen molar-refractivity contribution in [2.24, 2.45) is 0 Å². The summed E-state index contributed by atoms with van der Waals surface area (Å²) in [6.45, 7) is 1.81. The molecule has 2 rings (SSSR count). The van der Waals surface area contributed by atoms with Gasteiger partial charge in [0.25, 0.3) is 0 Å². The van der Waals surface area contributed by atoms with E-state index in [1.807, 2.05) is 0 Å². The van der Waals surface area contributed by atoms with Crippen LogP contribution in [0, 0.1) is 0 Å². The van der Waals surface area contributed by atoms with Crippen LogP contribution in [-0.4, -0.2) is 35.5 Å². The summed E-state index contributed by atoms with van der Waals surface area (Å²) >= 11 is 0.971. The van der Waals surface area contributed by atoms with Gasteiger partial charge in [0.05, 0.1) is 5.01 Å². The predicted molar refractivity (Wildman–Crippen MR) is 74.3 cm³/mol. The zero-order chi connectivity index (χ0) is 15.3. The summed E-state index contributed by atoms with van der Waals surface area (Å²) < 4.78 is 37.2. The molecular formula is C13H18F3N3OS. The molecule has 8 heteroatoms. The number of urea groups is 1. The molecule has 0 spiro atoms. The van der Waals surface area contributed by atoms with Crippen LogP contribution in [0.5, 0.6) is 0 Å². The normalized spacial score (nSPS) is 16.6. The Morgan fingerprint density at radius 2 is 1.95 bits per heavy atom. The number of nitrogens with one attached hydrogen (secondary N) is 1. The van der Waals surface area contributed by atoms with Crippen LogP contribution in [0.2, 0.25) is 0 Å². The zero-order valence-electron chi connectivity index (χ0n) is 11.6. The Balaban J connectivity index is 1.76. The molecule has 1 aliphatic rings. The Kier molecular flexibility index (Phi) is 5.44. The second kappa shape index (κ2) is 7.11. The van der Waals surface area contributed by atoms with Crippen molar-refractivity contribution in [1.82, 2.24) is 15.2 Å². The topological polar surface area (TPSA) is 45.2 Å². The van der Waals surface area contributed by atoms with Crippen molar-refractivity contribution < 1.29 is 18.0 Å². The van der Waals surface area contributed by atoms with Crippen molar-refractivity contribution in [3.05, 3.63) is 16.1 Å². The lowest BCUT2D eigenvalue weighted by Gasteiger charge is -2.20. The molecular weight excluding hydrogens is 303 g/mol. The van der Waals surface area contributed by atoms with E-state index in [1.54, 1.807) is 4.90 Å². The predicted octanol–water partition coefficient (Wildman–Crippen LogP) is 3.29. The third-order valence-electron chi connectivity index (χ3n) is 3.35. The van der Waals surface area contributed by atoms with Crippen molar-refractivity contribution >= 4 is 17.4 Å². The number of nitrogens with zero attached hydrogens (tertiary/aromatic N) is 2. The Morgan fingerprint density at radius 1 is 1.29 bits per heavy atom. The number of hydrogen-bond acceptors (Lipinski definition) is 3. The lowest BCUT2D eigenvalue weighted by Crippen LogP contribution is -2.41. The molecule has 1 aromatic rings. The summed E-state index contributed by atoms with van der Waals surface area (Å²) in [6, 6.07) is -0.135. The van der Waals surface area contributed by atoms with E-state index in [1.165, 1.54) is 0 Å². The SMILES string of the molecule is O=C(NCCc1nc(C(F)(F)F)cs1)N1CCCCCC1. The molecule has 0 aromatic carbocycles. The van der Waals surface area contributed by atoms with Gasteiger partial charge in [-0.15, -0.1) is 11.3 Å². The minimum absolute atomic E-state index is 0.135. The highest BCUT2D eigenvalue weighted by molar-refractivity contribution is 7.09. The van der Waals surface area contributed by atoms with E-state index in [0.29, 0.717) is 18.0 Å². The number of thiazole rings is 1. The number of likely N-dealkylation sites (tertiary alicyclic amines) is 1. The van der Waals surface area contributed by atoms with Crippen LogP contribution in [0.25, 0.3) is 0 Å². The minimum atomic E-state index is -4.40. The van der Waals surface area contributed by atoms with Crippen LogP contribution in [0.1, 0.15) is 36.4 Å². The Hall–Kier alpha value is -1.31. The van der Waals surface area contributed by atoms with Gasteiger partial charge in [0.15, 0.2) is 5.69 Å². The van der Waals surface area contributed by atoms with Gasteiger partial charge in [0.1, 0.15) is 0 Å². The Labute approximate surface area is 125 Å². The van der Waals surface area contributed by atoms with E-state index in [4.69, 9.17) is 0 Å². The lowest BCUT2D eigenvalue weighted by atomic mass is 10.2. The number of carbonyl (C=O) groups excluding carboxylic acids is 1. The summed E-state index contributed by atoms with van der Waals surface area (Å²) in [5, 5.41) is 4.14. The van der Waals surface area contributed by atoms with Crippen molar-refractivity contribution in [2.45, 2.75) is 38.3 Å². The molecule has 1 saturated heterocycles. The van der Waals surface area contributed by atoms with E-state index < -0.39 is 11.9 Å². The fourth-order valence-electron chi connectivity index (χ4n) is 2.22. The standard InChI is InChI=1S/C13H18F3N3OS/c14-13(15,16)10-9-21-11(18-10)5-6-17-12(20)19-7-3-1-2-4-8-19/h9H,1-8H2,(H,17,20). The third-order valence-corrected chi connectivity index (χ3v) is 4.26. The van der Waals surface area contributed by atoms with E-state index in [9.17, 15) is 18.0 Å². The van der Waals surface area contributed by atoms with Crippen LogP contribution in [0.15, 0.2) is 5.38 Å². The van der Waals surface area contributed by atoms with Gasteiger partial charge in [0, 0.05) is 31.4 Å². The fraction of sp³-hybridized carbons (Fsp3) is 0.692. The molecule has 0 saturated carbocycles. The highest BCUT2D eigenvalue weighted by Gasteiger charge is 2.33. The Morgan fingerprint density at radius 3 is 2.52 bits per heavy atom. The first-order valence-electron chi connectivity index (χ1n) is 7.01. The lowest BCUT2D eigenvalue weighted by molar-refractivity contribution is -0.140. The molecule has 0 bridgehead atoms. The molecule has 0 unspecified atom stereocenters. The number of aromatic nitrogens is 1. The van der Waals surface area contributed by atoms with E-state index in [2.05, 4.69) is 10.3 Å². The molecule has 1 N–H and O–H groups in total. The van der Waals surface area contributed by atoms with Crippen molar-refractivity contribution in [2.75, 3.05) is 19.6 Å². The van der Waals surface area contributed by atoms with Gasteiger partial charge < -0.3 is 10.2 Å². The van der Waals surface area contributed by atoms with Crippen molar-refractivity contribution in [1.29, 1.82) is 0 Å². The maximum atomic E-state index is 12.4. The first-order valence-corrected chi connectivity index (χ1v) is 7.89. The molecule has 1 fully saturated rings. The molecule has 4 nitrogen and oxygen atoms in total. The minimum Gasteiger partial charge on any atom is -0.338 e. The number of halogens is 3. The molecule has 21 heavy (non-hydrogen) atoms. The molecule has 0 atom stereocenters. The van der Waals surface area contributed by atoms with Crippen molar-refractivity contribution in [3.8, 4) is 0 Å². The zero-order valence-corrected chi connectivity index (χ0v) is 12.4. The van der Waals surface area contributed by atoms with E-state index >= 15 is 0 Å². The van der Waals surface area contributed by atoms with E-state index in [-0.39, 0.29) is 6.03 Å². The van der Waals surface area contributed by atoms with Crippen molar-refractivity contribution in [3.63, 3.8) is 0 Å². The van der Waals surface area contributed by atoms with Crippen LogP contribution in [-0.2, 0) is 12.6 Å². The van der Waals surface area contributed by atoms with Gasteiger partial charge in [0.2, 0.25) is 0 Å². The van der Waals surface area contributed by atoms with Gasteiger partial charge in [-0.2, -0.15) is 13.2 Å². The summed E-state index contributed by atoms with van der Waals surface area (Å²) in [5.74, 6) is 0. The number of alkyl halides is 3. The first kappa shape index (κ1) is 16.1. The molecule has 1 aromatic heterocycles. The van der Waals surface area contributed by atoms with Crippen LogP contribution in [0.3, 0.4) is 0 Å². The van der Waals surface area contributed by atoms with Gasteiger partial charge in [-0.05, 0) is 12.8 Å². The van der Waals surface area contributed by atoms with Crippen LogP contribution >= 0.6 is 11.3 Å². The highest BCUT2D eigenvalue weighted by atomic mass is 32.1. The van der Waals surface area contributed by atoms with E-state index in [0.717, 1.165) is 55.5 Å². The van der Waals surface area contributed by atoms with Gasteiger partial charge in [-0.3, -0.25) is 0 Å². The first-order chi connectivity index (χ1) is 9.97. The number of amides is 2. The molecule has 2 heterocycles. The third kappa shape index (κ3) is 4.87. The number of carbonyl (C=O) groups is 1. The fourth-order valence-corrected chi connectivity index (χ4v) is 3.02. The largest absolute Gasteiger partial charge is 0.434 e. The summed E-state index contributed by atoms with van der Waals surface area (Å²) in [5.41, 5.74) is -0.860. The quantitative estimate of drug-likeness (QED) is 0.928. The second-order valence-corrected chi connectivity index (χ2v) is 5.95. The number of rotatable bonds is 3. The average Bonchev–Trinajstić information content (AvgIpc) is 2.73. The second-order valence-electron chi connectivity index (χ2n) is 5.01. The van der Waals surface area contributed by atoms with Gasteiger partial charge in [-0.1, -0.05) is 12.8 Å². The van der Waals surface area contributed by atoms with Gasteiger partial charge >= 0.3 is 12.2 Å². The Bertz CT molecular complexity index is 467. The summed E-state index contributed by atoms with van der Waals surface area (Å²) in [6.07, 6.45) is 0.223. The summed E-state index contributed by atoms with van der Waals surface area (Å²) in [7, 11) is 0. The monoisotopic (exact) mass is 321 g/mol. The molecule has 2 amide bonds.